The van der Waals surface area contributed by atoms with Crippen molar-refractivity contribution in [3.63, 3.8) is 0 Å². The van der Waals surface area contributed by atoms with Crippen molar-refractivity contribution in [2.24, 2.45) is 0 Å². The number of nitrogens with zero attached hydrogens (tertiary/aromatic N) is 1. The minimum Gasteiger partial charge on any atom is -0.390 e. The molecule has 0 unspecified atom stereocenters. The molecule has 1 saturated heterocycles. The van der Waals surface area contributed by atoms with Crippen LogP contribution in [0.4, 0.5) is 8.78 Å². The standard InChI is InChI=1S/C15H19F2NO2/c1-15(20)3-6-18(7-4-15)5-2-14(19)11-8-12(16)10-13(17)9-11/h8-10,20H,2-7H2,1H3. The minimum absolute atomic E-state index is 0.0755. The van der Waals surface area contributed by atoms with E-state index in [1.807, 2.05) is 6.92 Å². The van der Waals surface area contributed by atoms with E-state index in [1.54, 1.807) is 0 Å². The van der Waals surface area contributed by atoms with Gasteiger partial charge in [-0.25, -0.2) is 8.78 Å². The van der Waals surface area contributed by atoms with Crippen LogP contribution < -0.4 is 0 Å². The lowest BCUT2D eigenvalue weighted by Crippen LogP contribution is -2.43. The Labute approximate surface area is 117 Å². The van der Waals surface area contributed by atoms with Gasteiger partial charge in [-0.3, -0.25) is 4.79 Å². The van der Waals surface area contributed by atoms with Crippen molar-refractivity contribution in [3.8, 4) is 0 Å². The first kappa shape index (κ1) is 15.1. The number of ketones is 1. The van der Waals surface area contributed by atoms with Crippen molar-refractivity contribution in [1.29, 1.82) is 0 Å². The molecular weight excluding hydrogens is 264 g/mol. The number of piperidine rings is 1. The van der Waals surface area contributed by atoms with Crippen LogP contribution in [0.15, 0.2) is 18.2 Å². The smallest absolute Gasteiger partial charge is 0.164 e. The molecular formula is C15H19F2NO2. The monoisotopic (exact) mass is 283 g/mol. The lowest BCUT2D eigenvalue weighted by Gasteiger charge is -2.35. The van der Waals surface area contributed by atoms with Crippen LogP contribution >= 0.6 is 0 Å². The first-order valence-electron chi connectivity index (χ1n) is 6.80. The van der Waals surface area contributed by atoms with Gasteiger partial charge in [0.15, 0.2) is 5.78 Å². The minimum atomic E-state index is -0.734. The SMILES string of the molecule is CC1(O)CCN(CCC(=O)c2cc(F)cc(F)c2)CC1. The van der Waals surface area contributed by atoms with Gasteiger partial charge in [0, 0.05) is 37.7 Å². The summed E-state index contributed by atoms with van der Waals surface area (Å²) in [6, 6.07) is 2.88. The van der Waals surface area contributed by atoms with Crippen molar-refractivity contribution in [2.45, 2.75) is 31.8 Å². The number of hydrogen-bond acceptors (Lipinski definition) is 3. The quantitative estimate of drug-likeness (QED) is 0.863. The van der Waals surface area contributed by atoms with Gasteiger partial charge in [0.1, 0.15) is 11.6 Å². The van der Waals surface area contributed by atoms with Crippen LogP contribution in [0, 0.1) is 11.6 Å². The van der Waals surface area contributed by atoms with Crippen molar-refractivity contribution in [3.05, 3.63) is 35.4 Å². The van der Waals surface area contributed by atoms with E-state index in [-0.39, 0.29) is 17.8 Å². The lowest BCUT2D eigenvalue weighted by molar-refractivity contribution is -0.00506. The average Bonchev–Trinajstić information content (AvgIpc) is 2.36. The lowest BCUT2D eigenvalue weighted by atomic mass is 9.93. The summed E-state index contributed by atoms with van der Waals surface area (Å²) < 4.78 is 26.1. The molecule has 1 aliphatic heterocycles. The summed E-state index contributed by atoms with van der Waals surface area (Å²) >= 11 is 0. The highest BCUT2D eigenvalue weighted by Gasteiger charge is 2.27. The predicted octanol–water partition coefficient (Wildman–Crippen LogP) is 2.38. The molecule has 0 spiro atoms. The van der Waals surface area contributed by atoms with Gasteiger partial charge in [0.2, 0.25) is 0 Å². The Hall–Kier alpha value is -1.33. The zero-order valence-corrected chi connectivity index (χ0v) is 11.5. The Bertz CT molecular complexity index is 472. The summed E-state index contributed by atoms with van der Waals surface area (Å²) in [6.45, 7) is 3.83. The average molecular weight is 283 g/mol. The molecule has 0 amide bonds. The number of benzene rings is 1. The van der Waals surface area contributed by atoms with Crippen LogP contribution in [0.1, 0.15) is 36.5 Å². The topological polar surface area (TPSA) is 40.5 Å². The number of carbonyl (C=O) groups is 1. The van der Waals surface area contributed by atoms with Gasteiger partial charge >= 0.3 is 0 Å². The van der Waals surface area contributed by atoms with Gasteiger partial charge in [0.05, 0.1) is 5.60 Å². The second-order valence-electron chi connectivity index (χ2n) is 5.67. The third kappa shape index (κ3) is 4.08. The number of likely N-dealkylation sites (tertiary alicyclic amines) is 1. The number of rotatable bonds is 4. The highest BCUT2D eigenvalue weighted by Crippen LogP contribution is 2.21. The molecule has 1 aliphatic rings. The normalized spacial score (nSPS) is 19.0. The van der Waals surface area contributed by atoms with Crippen LogP contribution in [0.5, 0.6) is 0 Å². The number of aliphatic hydroxyl groups is 1. The highest BCUT2D eigenvalue weighted by atomic mass is 19.1. The Morgan fingerprint density at radius 2 is 1.80 bits per heavy atom. The Kier molecular flexibility index (Phi) is 4.50. The van der Waals surface area contributed by atoms with Crippen LogP contribution in [0.25, 0.3) is 0 Å². The Morgan fingerprint density at radius 1 is 1.25 bits per heavy atom. The zero-order valence-electron chi connectivity index (χ0n) is 11.5. The molecule has 3 nitrogen and oxygen atoms in total. The molecule has 0 aliphatic carbocycles. The van der Waals surface area contributed by atoms with Gasteiger partial charge in [-0.15, -0.1) is 0 Å². The van der Waals surface area contributed by atoms with Crippen molar-refractivity contribution < 1.29 is 18.7 Å². The van der Waals surface area contributed by atoms with E-state index >= 15 is 0 Å². The largest absolute Gasteiger partial charge is 0.390 e. The molecule has 110 valence electrons. The van der Waals surface area contributed by atoms with E-state index in [9.17, 15) is 18.7 Å². The third-order valence-electron chi connectivity index (χ3n) is 3.77. The molecule has 1 fully saturated rings. The molecule has 0 radical (unpaired) electrons. The first-order valence-corrected chi connectivity index (χ1v) is 6.80. The third-order valence-corrected chi connectivity index (χ3v) is 3.77. The maximum absolute atomic E-state index is 13.0. The van der Waals surface area contributed by atoms with E-state index in [0.29, 0.717) is 19.4 Å². The van der Waals surface area contributed by atoms with Gasteiger partial charge < -0.3 is 10.0 Å². The van der Waals surface area contributed by atoms with E-state index < -0.39 is 17.2 Å². The molecule has 5 heteroatoms. The zero-order chi connectivity index (χ0) is 14.8. The summed E-state index contributed by atoms with van der Waals surface area (Å²) in [5.74, 6) is -1.73. The fourth-order valence-electron chi connectivity index (χ4n) is 2.38. The van der Waals surface area contributed by atoms with Gasteiger partial charge in [-0.1, -0.05) is 0 Å². The number of hydrogen-bond donors (Lipinski definition) is 1. The maximum atomic E-state index is 13.0. The van der Waals surface area contributed by atoms with E-state index in [0.717, 1.165) is 31.3 Å². The van der Waals surface area contributed by atoms with E-state index in [1.165, 1.54) is 0 Å². The molecule has 0 aromatic heterocycles. The summed E-state index contributed by atoms with van der Waals surface area (Å²) in [5, 5.41) is 9.83. The summed E-state index contributed by atoms with van der Waals surface area (Å²) in [5.41, 5.74) is -0.543. The molecule has 1 aromatic carbocycles. The Balaban J connectivity index is 1.86. The first-order chi connectivity index (χ1) is 9.35. The summed E-state index contributed by atoms with van der Waals surface area (Å²) in [6.07, 6.45) is 1.58. The van der Waals surface area contributed by atoms with Crippen molar-refractivity contribution in [2.75, 3.05) is 19.6 Å². The number of carbonyl (C=O) groups excluding carboxylic acids is 1. The molecule has 0 bridgehead atoms. The molecule has 0 saturated carbocycles. The molecule has 2 rings (SSSR count). The molecule has 1 heterocycles. The van der Waals surface area contributed by atoms with Crippen LogP contribution in [-0.4, -0.2) is 41.0 Å². The van der Waals surface area contributed by atoms with Gasteiger partial charge in [-0.2, -0.15) is 0 Å². The molecule has 20 heavy (non-hydrogen) atoms. The van der Waals surface area contributed by atoms with E-state index in [2.05, 4.69) is 4.90 Å². The second-order valence-corrected chi connectivity index (χ2v) is 5.67. The van der Waals surface area contributed by atoms with Gasteiger partial charge in [0.25, 0.3) is 0 Å². The van der Waals surface area contributed by atoms with Crippen molar-refractivity contribution in [1.82, 2.24) is 4.90 Å². The van der Waals surface area contributed by atoms with E-state index in [4.69, 9.17) is 0 Å². The van der Waals surface area contributed by atoms with Crippen LogP contribution in [0.2, 0.25) is 0 Å². The summed E-state index contributed by atoms with van der Waals surface area (Å²) in [7, 11) is 0. The molecule has 1 N–H and O–H groups in total. The maximum Gasteiger partial charge on any atom is 0.164 e. The number of halogens is 2. The fourth-order valence-corrected chi connectivity index (χ4v) is 2.38. The fraction of sp³-hybridized carbons (Fsp3) is 0.533. The summed E-state index contributed by atoms with van der Waals surface area (Å²) in [4.78, 5) is 14.0. The second kappa shape index (κ2) is 5.97. The predicted molar refractivity (Wildman–Crippen MR) is 71.6 cm³/mol. The Morgan fingerprint density at radius 3 is 2.35 bits per heavy atom. The van der Waals surface area contributed by atoms with Crippen LogP contribution in [0.3, 0.4) is 0 Å². The van der Waals surface area contributed by atoms with Crippen molar-refractivity contribution >= 4 is 5.78 Å². The van der Waals surface area contributed by atoms with Crippen LogP contribution in [-0.2, 0) is 0 Å². The molecule has 1 aromatic rings. The highest BCUT2D eigenvalue weighted by molar-refractivity contribution is 5.96. The number of Topliss-reactive ketones (excluding diaryl/α,β-unsaturated/α-hetero) is 1. The van der Waals surface area contributed by atoms with Gasteiger partial charge in [-0.05, 0) is 31.9 Å². The molecule has 0 atom stereocenters.